The molecule has 0 fully saturated rings. The average molecular weight is 261 g/mol. The van der Waals surface area contributed by atoms with Crippen molar-refractivity contribution in [3.63, 3.8) is 0 Å². The first-order valence-electron chi connectivity index (χ1n) is 5.31. The van der Waals surface area contributed by atoms with Crippen LogP contribution >= 0.6 is 0 Å². The Morgan fingerprint density at radius 2 is 2.11 bits per heavy atom. The van der Waals surface area contributed by atoms with Crippen molar-refractivity contribution in [3.8, 4) is 0 Å². The number of carbonyl (C=O) groups excluding carboxylic acids is 1. The van der Waals surface area contributed by atoms with Gasteiger partial charge in [-0.25, -0.2) is 0 Å². The van der Waals surface area contributed by atoms with Crippen LogP contribution in [-0.4, -0.2) is 25.7 Å². The summed E-state index contributed by atoms with van der Waals surface area (Å²) in [6, 6.07) is 4.03. The van der Waals surface area contributed by atoms with Crippen molar-refractivity contribution in [2.24, 2.45) is 0 Å². The first kappa shape index (κ1) is 14.5. The highest BCUT2D eigenvalue weighted by Crippen LogP contribution is 2.29. The largest absolute Gasteiger partial charge is 0.416 e. The van der Waals surface area contributed by atoms with Crippen LogP contribution in [0.2, 0.25) is 0 Å². The van der Waals surface area contributed by atoms with E-state index in [-0.39, 0.29) is 11.6 Å². The molecule has 0 radical (unpaired) electrons. The number of ether oxygens (including phenoxy) is 1. The van der Waals surface area contributed by atoms with Crippen molar-refractivity contribution < 1.29 is 22.7 Å². The van der Waals surface area contributed by atoms with Crippen molar-refractivity contribution >= 4 is 5.91 Å². The van der Waals surface area contributed by atoms with Gasteiger partial charge in [-0.3, -0.25) is 4.79 Å². The molecule has 0 aliphatic heterocycles. The van der Waals surface area contributed by atoms with Crippen LogP contribution in [0.4, 0.5) is 13.2 Å². The Morgan fingerprint density at radius 3 is 2.67 bits per heavy atom. The summed E-state index contributed by atoms with van der Waals surface area (Å²) in [5.74, 6) is -0.550. The molecule has 0 aromatic heterocycles. The lowest BCUT2D eigenvalue weighted by Crippen LogP contribution is -2.35. The minimum atomic E-state index is -4.45. The Morgan fingerprint density at radius 1 is 1.44 bits per heavy atom. The molecule has 0 saturated carbocycles. The second kappa shape index (κ2) is 5.86. The van der Waals surface area contributed by atoms with Gasteiger partial charge in [0.05, 0.1) is 12.2 Å². The van der Waals surface area contributed by atoms with E-state index in [0.29, 0.717) is 6.61 Å². The van der Waals surface area contributed by atoms with Gasteiger partial charge in [0.1, 0.15) is 0 Å². The van der Waals surface area contributed by atoms with E-state index >= 15 is 0 Å². The van der Waals surface area contributed by atoms with Crippen LogP contribution < -0.4 is 5.32 Å². The maximum atomic E-state index is 12.5. The number of methoxy groups -OCH3 is 1. The Bertz CT molecular complexity index is 418. The molecule has 1 aromatic carbocycles. The van der Waals surface area contributed by atoms with E-state index < -0.39 is 17.6 Å². The van der Waals surface area contributed by atoms with Gasteiger partial charge in [0, 0.05) is 18.7 Å². The molecule has 6 heteroatoms. The third-order valence-electron chi connectivity index (χ3n) is 2.25. The molecule has 0 aliphatic carbocycles. The summed E-state index contributed by atoms with van der Waals surface area (Å²) >= 11 is 0. The summed E-state index contributed by atoms with van der Waals surface area (Å²) in [6.07, 6.45) is -4.45. The molecular formula is C12H14F3NO2. The molecule has 0 aliphatic rings. The highest BCUT2D eigenvalue weighted by Gasteiger charge is 2.30. The van der Waals surface area contributed by atoms with E-state index in [0.717, 1.165) is 12.1 Å². The van der Waals surface area contributed by atoms with E-state index in [9.17, 15) is 18.0 Å². The predicted molar refractivity (Wildman–Crippen MR) is 60.2 cm³/mol. The third-order valence-corrected chi connectivity index (χ3v) is 2.25. The quantitative estimate of drug-likeness (QED) is 0.904. The molecule has 0 heterocycles. The van der Waals surface area contributed by atoms with Gasteiger partial charge < -0.3 is 10.1 Å². The lowest BCUT2D eigenvalue weighted by atomic mass is 10.1. The highest BCUT2D eigenvalue weighted by atomic mass is 19.4. The molecule has 0 spiro atoms. The lowest BCUT2D eigenvalue weighted by Gasteiger charge is -2.13. The van der Waals surface area contributed by atoms with Gasteiger partial charge in [0.2, 0.25) is 0 Å². The molecule has 1 N–H and O–H groups in total. The van der Waals surface area contributed by atoms with E-state index in [1.165, 1.54) is 19.2 Å². The number of hydrogen-bond donors (Lipinski definition) is 1. The minimum absolute atomic E-state index is 0.0206. The summed E-state index contributed by atoms with van der Waals surface area (Å²) in [7, 11) is 1.48. The molecular weight excluding hydrogens is 247 g/mol. The average Bonchev–Trinajstić information content (AvgIpc) is 2.28. The van der Waals surface area contributed by atoms with Crippen LogP contribution in [0.3, 0.4) is 0 Å². The van der Waals surface area contributed by atoms with E-state index in [1.54, 1.807) is 6.92 Å². The zero-order valence-corrected chi connectivity index (χ0v) is 10.0. The first-order valence-corrected chi connectivity index (χ1v) is 5.31. The Balaban J connectivity index is 2.81. The fourth-order valence-corrected chi connectivity index (χ4v) is 1.44. The molecule has 1 rings (SSSR count). The number of amides is 1. The third kappa shape index (κ3) is 4.03. The molecule has 1 amide bonds. The van der Waals surface area contributed by atoms with Crippen molar-refractivity contribution in [2.45, 2.75) is 19.1 Å². The predicted octanol–water partition coefficient (Wildman–Crippen LogP) is 2.47. The topological polar surface area (TPSA) is 38.3 Å². The summed E-state index contributed by atoms with van der Waals surface area (Å²) in [5.41, 5.74) is -0.859. The van der Waals surface area contributed by atoms with Crippen LogP contribution in [0, 0.1) is 0 Å². The normalized spacial score (nSPS) is 13.2. The molecule has 0 unspecified atom stereocenters. The number of carbonyl (C=O) groups is 1. The smallest absolute Gasteiger partial charge is 0.383 e. The van der Waals surface area contributed by atoms with Gasteiger partial charge >= 0.3 is 6.18 Å². The van der Waals surface area contributed by atoms with Crippen LogP contribution in [0.5, 0.6) is 0 Å². The Hall–Kier alpha value is -1.56. The number of rotatable bonds is 4. The van der Waals surface area contributed by atoms with Gasteiger partial charge in [-0.2, -0.15) is 13.2 Å². The maximum Gasteiger partial charge on any atom is 0.416 e. The van der Waals surface area contributed by atoms with Gasteiger partial charge in [0.25, 0.3) is 5.91 Å². The maximum absolute atomic E-state index is 12.5. The highest BCUT2D eigenvalue weighted by molar-refractivity contribution is 5.94. The van der Waals surface area contributed by atoms with Crippen LogP contribution in [0.15, 0.2) is 24.3 Å². The first-order chi connectivity index (χ1) is 8.34. The summed E-state index contributed by atoms with van der Waals surface area (Å²) in [4.78, 5) is 11.7. The van der Waals surface area contributed by atoms with Gasteiger partial charge in [-0.15, -0.1) is 0 Å². The molecule has 0 bridgehead atoms. The molecule has 1 aromatic rings. The monoisotopic (exact) mass is 261 g/mol. The van der Waals surface area contributed by atoms with Crippen molar-refractivity contribution in [3.05, 3.63) is 35.4 Å². The number of halogens is 3. The fraction of sp³-hybridized carbons (Fsp3) is 0.417. The van der Waals surface area contributed by atoms with E-state index in [2.05, 4.69) is 5.32 Å². The van der Waals surface area contributed by atoms with Crippen molar-refractivity contribution in [1.29, 1.82) is 0 Å². The van der Waals surface area contributed by atoms with E-state index in [4.69, 9.17) is 4.74 Å². The summed E-state index contributed by atoms with van der Waals surface area (Å²) in [6.45, 7) is 2.00. The number of hydrogen-bond acceptors (Lipinski definition) is 2. The molecule has 18 heavy (non-hydrogen) atoms. The number of alkyl halides is 3. The number of benzene rings is 1. The van der Waals surface area contributed by atoms with Gasteiger partial charge in [0.15, 0.2) is 0 Å². The standard InChI is InChI=1S/C12H14F3NO2/c1-8(7-18-2)16-11(17)9-4-3-5-10(6-9)12(13,14)15/h3-6,8H,7H2,1-2H3,(H,16,17)/t8-/m0/s1. The van der Waals surface area contributed by atoms with E-state index in [1.807, 2.05) is 0 Å². The fourth-order valence-electron chi connectivity index (χ4n) is 1.44. The zero-order valence-electron chi connectivity index (χ0n) is 10.0. The molecule has 3 nitrogen and oxygen atoms in total. The van der Waals surface area contributed by atoms with Crippen LogP contribution in [-0.2, 0) is 10.9 Å². The second-order valence-electron chi connectivity index (χ2n) is 3.91. The Kier molecular flexibility index (Phi) is 4.72. The number of nitrogens with one attached hydrogen (secondary N) is 1. The second-order valence-corrected chi connectivity index (χ2v) is 3.91. The SMILES string of the molecule is COC[C@H](C)NC(=O)c1cccc(C(F)(F)F)c1. The van der Waals surface area contributed by atoms with Crippen molar-refractivity contribution in [2.75, 3.05) is 13.7 Å². The summed E-state index contributed by atoms with van der Waals surface area (Å²) < 4.78 is 42.2. The van der Waals surface area contributed by atoms with Gasteiger partial charge in [-0.1, -0.05) is 6.07 Å². The molecule has 100 valence electrons. The van der Waals surface area contributed by atoms with Crippen molar-refractivity contribution in [1.82, 2.24) is 5.32 Å². The lowest BCUT2D eigenvalue weighted by molar-refractivity contribution is -0.137. The van der Waals surface area contributed by atoms with Gasteiger partial charge in [-0.05, 0) is 25.1 Å². The Labute approximate surface area is 103 Å². The zero-order chi connectivity index (χ0) is 13.8. The molecule has 1 atom stereocenters. The molecule has 0 saturated heterocycles. The summed E-state index contributed by atoms with van der Waals surface area (Å²) in [5, 5.41) is 2.54. The minimum Gasteiger partial charge on any atom is -0.383 e. The van der Waals surface area contributed by atoms with Crippen LogP contribution in [0.25, 0.3) is 0 Å². The van der Waals surface area contributed by atoms with Crippen LogP contribution in [0.1, 0.15) is 22.8 Å².